The fourth-order valence-corrected chi connectivity index (χ4v) is 2.12. The Hall–Kier alpha value is -3.88. The number of nitrogens with one attached hydrogen (secondary N) is 3. The van der Waals surface area contributed by atoms with E-state index in [4.69, 9.17) is 4.74 Å². The molecule has 9 nitrogen and oxygen atoms in total. The highest BCUT2D eigenvalue weighted by Crippen LogP contribution is 2.21. The summed E-state index contributed by atoms with van der Waals surface area (Å²) in [6.07, 6.45) is 0. The molecule has 0 heterocycles. The number of hydrogen-bond donors (Lipinski definition) is 3. The molecule has 9 heteroatoms. The topological polar surface area (TPSA) is 123 Å². The molecular weight excluding hydrogens is 378 g/mol. The molecular formula is C20H21N3O6. The monoisotopic (exact) mass is 399 g/mol. The van der Waals surface area contributed by atoms with Gasteiger partial charge in [0.15, 0.2) is 6.61 Å². The van der Waals surface area contributed by atoms with E-state index in [-0.39, 0.29) is 0 Å². The summed E-state index contributed by atoms with van der Waals surface area (Å²) < 4.78 is 10.3. The fourth-order valence-electron chi connectivity index (χ4n) is 2.12. The first-order valence-electron chi connectivity index (χ1n) is 8.82. The van der Waals surface area contributed by atoms with Gasteiger partial charge in [-0.1, -0.05) is 18.2 Å². The van der Waals surface area contributed by atoms with E-state index >= 15 is 0 Å². The number of carbonyl (C=O) groups is 4. The van der Waals surface area contributed by atoms with Crippen molar-refractivity contribution in [1.29, 1.82) is 0 Å². The number of carbonyl (C=O) groups excluding carboxylic acids is 4. The number of esters is 1. The molecule has 0 atom stereocenters. The maximum absolute atomic E-state index is 12.1. The average molecular weight is 399 g/mol. The second-order valence-electron chi connectivity index (χ2n) is 5.69. The van der Waals surface area contributed by atoms with Gasteiger partial charge in [0.05, 0.1) is 0 Å². The fraction of sp³-hybridized carbons (Fsp3) is 0.200. The molecule has 4 amide bonds. The lowest BCUT2D eigenvalue weighted by Crippen LogP contribution is -2.41. The molecule has 0 aromatic heterocycles. The van der Waals surface area contributed by atoms with Crippen LogP contribution in [0.5, 0.6) is 11.5 Å². The van der Waals surface area contributed by atoms with Gasteiger partial charge in [0.2, 0.25) is 0 Å². The number of para-hydroxylation sites is 1. The van der Waals surface area contributed by atoms with Crippen molar-refractivity contribution in [2.75, 3.05) is 19.7 Å². The quantitative estimate of drug-likeness (QED) is 0.580. The maximum atomic E-state index is 12.1. The number of hydrogen-bond acceptors (Lipinski definition) is 6. The summed E-state index contributed by atoms with van der Waals surface area (Å²) in [6.45, 7) is 0.994. The van der Waals surface area contributed by atoms with Gasteiger partial charge in [-0.05, 0) is 43.3 Å². The van der Waals surface area contributed by atoms with Gasteiger partial charge in [-0.15, -0.1) is 0 Å². The average Bonchev–Trinajstić information content (AvgIpc) is 2.72. The Labute approximate surface area is 167 Å². The smallest absolute Gasteiger partial charge is 0.325 e. The summed E-state index contributed by atoms with van der Waals surface area (Å²) in [5.41, 5.74) is 0.326. The lowest BCUT2D eigenvalue weighted by molar-refractivity contribution is -0.147. The highest BCUT2D eigenvalue weighted by molar-refractivity contribution is 5.97. The Kier molecular flexibility index (Phi) is 8.18. The van der Waals surface area contributed by atoms with Gasteiger partial charge in [-0.25, -0.2) is 4.79 Å². The lowest BCUT2D eigenvalue weighted by atomic mass is 10.2. The molecule has 0 radical (unpaired) electrons. The Balaban J connectivity index is 1.73. The molecule has 0 aliphatic carbocycles. The summed E-state index contributed by atoms with van der Waals surface area (Å²) >= 11 is 0. The normalized spacial score (nSPS) is 9.83. The van der Waals surface area contributed by atoms with Gasteiger partial charge in [-0.3, -0.25) is 19.7 Å². The minimum atomic E-state index is -0.812. The van der Waals surface area contributed by atoms with Crippen LogP contribution >= 0.6 is 0 Å². The van der Waals surface area contributed by atoms with E-state index in [1.807, 2.05) is 35.6 Å². The molecule has 152 valence electrons. The summed E-state index contributed by atoms with van der Waals surface area (Å²) in [5, 5.41) is 6.73. The summed E-state index contributed by atoms with van der Waals surface area (Å²) in [5.74, 6) is -0.841. The van der Waals surface area contributed by atoms with Crippen LogP contribution in [0.15, 0.2) is 54.6 Å². The minimum absolute atomic E-state index is 0.326. The minimum Gasteiger partial charge on any atom is -0.457 e. The molecule has 2 rings (SSSR count). The predicted molar refractivity (Wildman–Crippen MR) is 103 cm³/mol. The third kappa shape index (κ3) is 7.71. The van der Waals surface area contributed by atoms with E-state index in [2.05, 4.69) is 15.4 Å². The number of ether oxygens (including phenoxy) is 2. The first-order valence-corrected chi connectivity index (χ1v) is 8.82. The second-order valence-corrected chi connectivity index (χ2v) is 5.69. The van der Waals surface area contributed by atoms with E-state index < -0.39 is 37.0 Å². The lowest BCUT2D eigenvalue weighted by Gasteiger charge is -2.08. The molecule has 0 fully saturated rings. The van der Waals surface area contributed by atoms with Crippen LogP contribution < -0.4 is 20.7 Å². The van der Waals surface area contributed by atoms with Gasteiger partial charge >= 0.3 is 12.0 Å². The van der Waals surface area contributed by atoms with Crippen LogP contribution in [0.1, 0.15) is 17.3 Å². The standard InChI is InChI=1S/C20H21N3O6/c1-2-21-20(27)23-17(24)13-28-18(25)12-22-19(26)14-8-10-16(11-9-14)29-15-6-4-3-5-7-15/h3-11H,2,12-13H2,1H3,(H,22,26)(H2,21,23,24,27). The molecule has 0 aliphatic rings. The van der Waals surface area contributed by atoms with Crippen LogP contribution in [-0.4, -0.2) is 43.5 Å². The number of imide groups is 1. The molecule has 2 aromatic carbocycles. The van der Waals surface area contributed by atoms with Crippen molar-refractivity contribution in [2.24, 2.45) is 0 Å². The van der Waals surface area contributed by atoms with E-state index in [9.17, 15) is 19.2 Å². The molecule has 0 unspecified atom stereocenters. The molecule has 0 saturated carbocycles. The van der Waals surface area contributed by atoms with Crippen LogP contribution in [0.4, 0.5) is 4.79 Å². The van der Waals surface area contributed by atoms with E-state index in [1.165, 1.54) is 0 Å². The van der Waals surface area contributed by atoms with Crippen molar-refractivity contribution in [2.45, 2.75) is 6.92 Å². The summed E-state index contributed by atoms with van der Waals surface area (Å²) in [6, 6.07) is 14.9. The zero-order valence-electron chi connectivity index (χ0n) is 15.8. The van der Waals surface area contributed by atoms with Crippen molar-refractivity contribution >= 4 is 23.8 Å². The summed E-state index contributed by atoms with van der Waals surface area (Å²) in [7, 11) is 0. The Morgan fingerprint density at radius 2 is 1.52 bits per heavy atom. The molecule has 3 N–H and O–H groups in total. The SMILES string of the molecule is CCNC(=O)NC(=O)COC(=O)CNC(=O)c1ccc(Oc2ccccc2)cc1. The Morgan fingerprint density at radius 3 is 2.17 bits per heavy atom. The van der Waals surface area contributed by atoms with Gasteiger partial charge < -0.3 is 20.1 Å². The highest BCUT2D eigenvalue weighted by Gasteiger charge is 2.12. The Morgan fingerprint density at radius 1 is 0.862 bits per heavy atom. The predicted octanol–water partition coefficient (Wildman–Crippen LogP) is 1.60. The third-order valence-electron chi connectivity index (χ3n) is 3.44. The van der Waals surface area contributed by atoms with Gasteiger partial charge in [0, 0.05) is 12.1 Å². The van der Waals surface area contributed by atoms with Crippen molar-refractivity contribution in [3.63, 3.8) is 0 Å². The largest absolute Gasteiger partial charge is 0.457 e. The van der Waals surface area contributed by atoms with Crippen LogP contribution in [0.3, 0.4) is 0 Å². The van der Waals surface area contributed by atoms with Crippen molar-refractivity contribution in [1.82, 2.24) is 16.0 Å². The zero-order chi connectivity index (χ0) is 21.1. The van der Waals surface area contributed by atoms with Crippen molar-refractivity contribution in [3.8, 4) is 11.5 Å². The van der Waals surface area contributed by atoms with Gasteiger partial charge in [-0.2, -0.15) is 0 Å². The number of rotatable bonds is 8. The van der Waals surface area contributed by atoms with Crippen molar-refractivity contribution < 1.29 is 28.7 Å². The Bertz CT molecular complexity index is 852. The molecule has 0 bridgehead atoms. The van der Waals surface area contributed by atoms with Gasteiger partial charge in [0.25, 0.3) is 11.8 Å². The van der Waals surface area contributed by atoms with Crippen molar-refractivity contribution in [3.05, 3.63) is 60.2 Å². The molecule has 0 aliphatic heterocycles. The van der Waals surface area contributed by atoms with E-state index in [0.717, 1.165) is 0 Å². The zero-order valence-corrected chi connectivity index (χ0v) is 15.8. The summed E-state index contributed by atoms with van der Waals surface area (Å²) in [4.78, 5) is 46.3. The highest BCUT2D eigenvalue weighted by atomic mass is 16.5. The molecule has 29 heavy (non-hydrogen) atoms. The van der Waals surface area contributed by atoms with Crippen LogP contribution in [0.2, 0.25) is 0 Å². The third-order valence-corrected chi connectivity index (χ3v) is 3.44. The van der Waals surface area contributed by atoms with Crippen LogP contribution in [0, 0.1) is 0 Å². The van der Waals surface area contributed by atoms with E-state index in [1.54, 1.807) is 31.2 Å². The number of amides is 4. The van der Waals surface area contributed by atoms with Gasteiger partial charge in [0.1, 0.15) is 18.0 Å². The van der Waals surface area contributed by atoms with Crippen LogP contribution in [0.25, 0.3) is 0 Å². The molecule has 2 aromatic rings. The second kappa shape index (κ2) is 11.1. The first kappa shape index (κ1) is 21.4. The number of benzene rings is 2. The first-order chi connectivity index (χ1) is 14.0. The molecule has 0 spiro atoms. The van der Waals surface area contributed by atoms with E-state index in [0.29, 0.717) is 23.6 Å². The number of urea groups is 1. The maximum Gasteiger partial charge on any atom is 0.325 e. The van der Waals surface area contributed by atoms with Crippen LogP contribution in [-0.2, 0) is 14.3 Å². The molecule has 0 saturated heterocycles.